The second kappa shape index (κ2) is 7.91. The van der Waals surface area contributed by atoms with Crippen molar-refractivity contribution in [3.05, 3.63) is 76.4 Å². The summed E-state index contributed by atoms with van der Waals surface area (Å²) in [4.78, 5) is 28.8. The Morgan fingerprint density at radius 1 is 1.12 bits per heavy atom. The Morgan fingerprint density at radius 3 is 2.58 bits per heavy atom. The van der Waals surface area contributed by atoms with Crippen LogP contribution in [0.4, 0.5) is 13.2 Å². The third-order valence-electron chi connectivity index (χ3n) is 4.68. The average molecular weight is 456 g/mol. The second-order valence-electron chi connectivity index (χ2n) is 8.37. The van der Waals surface area contributed by atoms with Crippen LogP contribution in [0.15, 0.2) is 63.9 Å². The van der Waals surface area contributed by atoms with Crippen LogP contribution in [-0.4, -0.2) is 21.1 Å². The van der Waals surface area contributed by atoms with E-state index in [2.05, 4.69) is 4.98 Å². The number of benzene rings is 2. The number of hydrogen-bond donors (Lipinski definition) is 0. The van der Waals surface area contributed by atoms with E-state index in [1.54, 1.807) is 45.0 Å². The molecule has 4 rings (SSSR count). The van der Waals surface area contributed by atoms with Crippen LogP contribution in [0, 0.1) is 0 Å². The van der Waals surface area contributed by atoms with Crippen molar-refractivity contribution in [2.45, 2.75) is 32.5 Å². The quantitative estimate of drug-likeness (QED) is 0.300. The second-order valence-corrected chi connectivity index (χ2v) is 8.37. The Balaban J connectivity index is 1.87. The van der Waals surface area contributed by atoms with E-state index < -0.39 is 29.1 Å². The first-order valence-electron chi connectivity index (χ1n) is 9.95. The minimum absolute atomic E-state index is 0.00998. The molecule has 2 aromatic heterocycles. The minimum atomic E-state index is -4.57. The van der Waals surface area contributed by atoms with Gasteiger partial charge in [0.05, 0.1) is 23.0 Å². The number of nitrogens with zero attached hydrogens (tertiary/aromatic N) is 2. The van der Waals surface area contributed by atoms with Gasteiger partial charge in [0.25, 0.3) is 0 Å². The molecule has 170 valence electrons. The zero-order chi connectivity index (χ0) is 24.0. The van der Waals surface area contributed by atoms with E-state index in [4.69, 9.17) is 9.15 Å². The van der Waals surface area contributed by atoms with Crippen LogP contribution in [0.5, 0.6) is 0 Å². The lowest BCUT2D eigenvalue weighted by molar-refractivity contribution is -0.148. The van der Waals surface area contributed by atoms with Crippen LogP contribution >= 0.6 is 0 Å². The lowest BCUT2D eigenvalue weighted by Crippen LogP contribution is -2.22. The van der Waals surface area contributed by atoms with Gasteiger partial charge < -0.3 is 9.15 Å². The number of rotatable bonds is 3. The Labute approximate surface area is 185 Å². The van der Waals surface area contributed by atoms with Gasteiger partial charge in [0.2, 0.25) is 0 Å². The SMILES string of the molecule is CC(C)(C)OC(=O)/C=C/c1ccc2ncc3oc(=O)n(-c4cccc(C(F)(F)F)c4)c3c2c1. The Hall–Kier alpha value is -3.88. The molecule has 0 fully saturated rings. The molecule has 0 unspecified atom stereocenters. The number of halogens is 3. The summed E-state index contributed by atoms with van der Waals surface area (Å²) in [7, 11) is 0. The number of oxazole rings is 1. The summed E-state index contributed by atoms with van der Waals surface area (Å²) in [6.45, 7) is 5.26. The molecule has 0 saturated heterocycles. The molecule has 0 amide bonds. The maximum absolute atomic E-state index is 13.2. The van der Waals surface area contributed by atoms with E-state index in [1.807, 2.05) is 0 Å². The molecule has 0 spiro atoms. The molecule has 0 aliphatic rings. The summed E-state index contributed by atoms with van der Waals surface area (Å²) < 4.78 is 51.2. The van der Waals surface area contributed by atoms with E-state index in [0.717, 1.165) is 16.7 Å². The maximum Gasteiger partial charge on any atom is 0.424 e. The number of hydrogen-bond acceptors (Lipinski definition) is 5. The minimum Gasteiger partial charge on any atom is -0.457 e. The Bertz CT molecular complexity index is 1460. The molecular weight excluding hydrogens is 437 g/mol. The van der Waals surface area contributed by atoms with E-state index in [9.17, 15) is 22.8 Å². The van der Waals surface area contributed by atoms with Crippen LogP contribution in [0.25, 0.3) is 33.8 Å². The monoisotopic (exact) mass is 456 g/mol. The summed E-state index contributed by atoms with van der Waals surface area (Å²) in [5.41, 5.74) is -0.0182. The normalized spacial score (nSPS) is 12.7. The Morgan fingerprint density at radius 2 is 1.88 bits per heavy atom. The Kier molecular flexibility index (Phi) is 5.35. The summed E-state index contributed by atoms with van der Waals surface area (Å²) in [6.07, 6.45) is -0.407. The van der Waals surface area contributed by atoms with Crippen LogP contribution in [0.1, 0.15) is 31.9 Å². The van der Waals surface area contributed by atoms with E-state index in [0.29, 0.717) is 16.5 Å². The average Bonchev–Trinajstić information content (AvgIpc) is 3.06. The van der Waals surface area contributed by atoms with Gasteiger partial charge in [-0.25, -0.2) is 14.2 Å². The molecule has 4 aromatic rings. The molecule has 0 saturated carbocycles. The van der Waals surface area contributed by atoms with Crippen LogP contribution in [-0.2, 0) is 15.7 Å². The van der Waals surface area contributed by atoms with Gasteiger partial charge in [0.1, 0.15) is 11.1 Å². The van der Waals surface area contributed by atoms with Crippen LogP contribution in [0.3, 0.4) is 0 Å². The molecule has 0 N–H and O–H groups in total. The molecule has 0 bridgehead atoms. The maximum atomic E-state index is 13.2. The highest BCUT2D eigenvalue weighted by Gasteiger charge is 2.31. The fraction of sp³-hybridized carbons (Fsp3) is 0.208. The van der Waals surface area contributed by atoms with Crippen molar-refractivity contribution in [1.29, 1.82) is 0 Å². The van der Waals surface area contributed by atoms with Crippen molar-refractivity contribution < 1.29 is 27.1 Å². The predicted octanol–water partition coefficient (Wildman–Crippen LogP) is 5.51. The lowest BCUT2D eigenvalue weighted by Gasteiger charge is -2.17. The fourth-order valence-corrected chi connectivity index (χ4v) is 3.37. The summed E-state index contributed by atoms with van der Waals surface area (Å²) in [6, 6.07) is 9.49. The number of carbonyl (C=O) groups excluding carboxylic acids is 1. The number of ether oxygens (including phenoxy) is 1. The first-order valence-corrected chi connectivity index (χ1v) is 9.95. The molecule has 0 aliphatic heterocycles. The third kappa shape index (κ3) is 4.67. The molecular formula is C24H19F3N2O4. The van der Waals surface area contributed by atoms with Gasteiger partial charge in [-0.3, -0.25) is 4.98 Å². The number of pyridine rings is 1. The molecule has 0 radical (unpaired) electrons. The van der Waals surface area contributed by atoms with Gasteiger partial charge in [-0.2, -0.15) is 13.2 Å². The van der Waals surface area contributed by atoms with Crippen molar-refractivity contribution in [3.8, 4) is 5.69 Å². The number of fused-ring (bicyclic) bond motifs is 3. The standard InChI is InChI=1S/C24H19F3N2O4/c1-23(2,3)33-20(30)10-8-14-7-9-18-17(11-14)21-19(13-28-18)32-22(31)29(21)16-6-4-5-15(12-16)24(25,26)27/h4-13H,1-3H3/b10-8+. The lowest BCUT2D eigenvalue weighted by atomic mass is 10.1. The highest BCUT2D eigenvalue weighted by molar-refractivity contribution is 6.03. The summed E-state index contributed by atoms with van der Waals surface area (Å²) in [5.74, 6) is -1.36. The molecule has 9 heteroatoms. The zero-order valence-corrected chi connectivity index (χ0v) is 17.9. The third-order valence-corrected chi connectivity index (χ3v) is 4.68. The zero-order valence-electron chi connectivity index (χ0n) is 17.9. The van der Waals surface area contributed by atoms with E-state index in [1.165, 1.54) is 24.4 Å². The topological polar surface area (TPSA) is 74.3 Å². The molecule has 0 atom stereocenters. The van der Waals surface area contributed by atoms with Crippen molar-refractivity contribution in [2.75, 3.05) is 0 Å². The van der Waals surface area contributed by atoms with Crippen molar-refractivity contribution in [3.63, 3.8) is 0 Å². The van der Waals surface area contributed by atoms with Crippen LogP contribution < -0.4 is 5.76 Å². The first-order chi connectivity index (χ1) is 15.4. The van der Waals surface area contributed by atoms with Gasteiger partial charge in [-0.15, -0.1) is 0 Å². The van der Waals surface area contributed by atoms with Crippen LogP contribution in [0.2, 0.25) is 0 Å². The number of esters is 1. The van der Waals surface area contributed by atoms with Crippen molar-refractivity contribution in [1.82, 2.24) is 9.55 Å². The van der Waals surface area contributed by atoms with Crippen molar-refractivity contribution in [2.24, 2.45) is 0 Å². The summed E-state index contributed by atoms with van der Waals surface area (Å²) >= 11 is 0. The number of carbonyl (C=O) groups is 1. The van der Waals surface area contributed by atoms with Gasteiger partial charge in [0.15, 0.2) is 5.58 Å². The molecule has 0 aliphatic carbocycles. The molecule has 33 heavy (non-hydrogen) atoms. The highest BCUT2D eigenvalue weighted by Crippen LogP contribution is 2.32. The summed E-state index contributed by atoms with van der Waals surface area (Å²) in [5, 5.41) is 0.474. The fourth-order valence-electron chi connectivity index (χ4n) is 3.37. The smallest absolute Gasteiger partial charge is 0.424 e. The molecule has 2 aromatic carbocycles. The predicted molar refractivity (Wildman–Crippen MR) is 117 cm³/mol. The van der Waals surface area contributed by atoms with E-state index in [-0.39, 0.29) is 16.8 Å². The van der Waals surface area contributed by atoms with Gasteiger partial charge in [-0.05, 0) is 62.7 Å². The number of aromatic nitrogens is 2. The molecule has 2 heterocycles. The van der Waals surface area contributed by atoms with Gasteiger partial charge in [0, 0.05) is 11.5 Å². The highest BCUT2D eigenvalue weighted by atomic mass is 19.4. The number of alkyl halides is 3. The van der Waals surface area contributed by atoms with Gasteiger partial charge in [-0.1, -0.05) is 12.1 Å². The van der Waals surface area contributed by atoms with E-state index >= 15 is 0 Å². The van der Waals surface area contributed by atoms with Gasteiger partial charge >= 0.3 is 17.9 Å². The first kappa shape index (κ1) is 22.3. The molecule has 6 nitrogen and oxygen atoms in total. The van der Waals surface area contributed by atoms with Crippen molar-refractivity contribution >= 4 is 34.0 Å². The largest absolute Gasteiger partial charge is 0.457 e.